The zero-order valence-corrected chi connectivity index (χ0v) is 9.72. The third-order valence-corrected chi connectivity index (χ3v) is 3.66. The molecule has 2 unspecified atom stereocenters. The molecule has 0 amide bonds. The van der Waals surface area contributed by atoms with E-state index in [0.717, 1.165) is 5.95 Å². The fraction of sp³-hybridized carbons (Fsp3) is 0.750. The topological polar surface area (TPSA) is 39.1 Å². The second-order valence-corrected chi connectivity index (χ2v) is 4.85. The number of imidazole rings is 1. The Balaban J connectivity index is 1.78. The molecule has 2 fully saturated rings. The Morgan fingerprint density at radius 3 is 3.00 bits per heavy atom. The van der Waals surface area contributed by atoms with Crippen LogP contribution in [0.15, 0.2) is 12.4 Å². The first-order valence-electron chi connectivity index (χ1n) is 6.20. The number of hydrogen-bond donors (Lipinski definition) is 1. The van der Waals surface area contributed by atoms with Gasteiger partial charge in [0.05, 0.1) is 12.1 Å². The van der Waals surface area contributed by atoms with Crippen LogP contribution in [-0.2, 0) is 4.74 Å². The molecule has 4 heteroatoms. The zero-order valence-electron chi connectivity index (χ0n) is 9.72. The molecule has 1 aromatic rings. The molecule has 0 aliphatic heterocycles. The Kier molecular flexibility index (Phi) is 2.59. The van der Waals surface area contributed by atoms with Crippen LogP contribution in [0.25, 0.3) is 0 Å². The van der Waals surface area contributed by atoms with Crippen LogP contribution < -0.4 is 5.32 Å². The number of methoxy groups -OCH3 is 1. The highest BCUT2D eigenvalue weighted by atomic mass is 16.5. The maximum Gasteiger partial charge on any atom is 0.203 e. The third-order valence-electron chi connectivity index (χ3n) is 3.66. The highest BCUT2D eigenvalue weighted by Gasteiger charge is 2.31. The Bertz CT molecular complexity index is 359. The molecule has 1 aromatic heterocycles. The van der Waals surface area contributed by atoms with Crippen molar-refractivity contribution < 1.29 is 4.74 Å². The summed E-state index contributed by atoms with van der Waals surface area (Å²) in [6.45, 7) is 0. The Hall–Kier alpha value is -1.03. The summed E-state index contributed by atoms with van der Waals surface area (Å²) >= 11 is 0. The number of aromatic nitrogens is 2. The molecule has 16 heavy (non-hydrogen) atoms. The van der Waals surface area contributed by atoms with Crippen LogP contribution >= 0.6 is 0 Å². The number of nitrogens with one attached hydrogen (secondary N) is 1. The lowest BCUT2D eigenvalue weighted by atomic mass is 10.2. The van der Waals surface area contributed by atoms with Crippen LogP contribution in [0.5, 0.6) is 0 Å². The molecular weight excluding hydrogens is 202 g/mol. The molecule has 1 heterocycles. The summed E-state index contributed by atoms with van der Waals surface area (Å²) in [5.41, 5.74) is 0. The lowest BCUT2D eigenvalue weighted by Crippen LogP contribution is -2.22. The highest BCUT2D eigenvalue weighted by molar-refractivity contribution is 5.31. The van der Waals surface area contributed by atoms with Gasteiger partial charge in [0.1, 0.15) is 0 Å². The van der Waals surface area contributed by atoms with E-state index in [-0.39, 0.29) is 0 Å². The van der Waals surface area contributed by atoms with Crippen molar-refractivity contribution in [3.8, 4) is 0 Å². The smallest absolute Gasteiger partial charge is 0.203 e. The van der Waals surface area contributed by atoms with E-state index >= 15 is 0 Å². The van der Waals surface area contributed by atoms with Crippen molar-refractivity contribution >= 4 is 5.95 Å². The summed E-state index contributed by atoms with van der Waals surface area (Å²) in [6, 6.07) is 1.12. The molecule has 2 saturated carbocycles. The summed E-state index contributed by atoms with van der Waals surface area (Å²) in [5.74, 6) is 1.02. The number of anilines is 1. The van der Waals surface area contributed by atoms with Gasteiger partial charge in [0.15, 0.2) is 0 Å². The van der Waals surface area contributed by atoms with Gasteiger partial charge in [-0.25, -0.2) is 4.98 Å². The van der Waals surface area contributed by atoms with Gasteiger partial charge in [0.2, 0.25) is 5.95 Å². The number of ether oxygens (including phenoxy) is 1. The lowest BCUT2D eigenvalue weighted by molar-refractivity contribution is 0.0755. The molecule has 3 rings (SSSR count). The van der Waals surface area contributed by atoms with Crippen LogP contribution in [0.4, 0.5) is 5.95 Å². The standard InChI is InChI=1S/C12H19N3O/c1-16-11-4-2-3-10(11)15-8-7-13-12(15)14-9-5-6-9/h7-11H,2-6H2,1H3,(H,13,14). The molecule has 2 atom stereocenters. The molecular formula is C12H19N3O. The highest BCUT2D eigenvalue weighted by Crippen LogP contribution is 2.35. The number of hydrogen-bond acceptors (Lipinski definition) is 3. The number of nitrogens with zero attached hydrogens (tertiary/aromatic N) is 2. The molecule has 2 aliphatic rings. The largest absolute Gasteiger partial charge is 0.379 e. The van der Waals surface area contributed by atoms with Crippen molar-refractivity contribution in [1.82, 2.24) is 9.55 Å². The number of rotatable bonds is 4. The zero-order chi connectivity index (χ0) is 11.0. The van der Waals surface area contributed by atoms with Gasteiger partial charge in [-0.2, -0.15) is 0 Å². The second-order valence-electron chi connectivity index (χ2n) is 4.85. The van der Waals surface area contributed by atoms with E-state index in [1.807, 2.05) is 13.3 Å². The predicted molar refractivity (Wildman–Crippen MR) is 62.6 cm³/mol. The van der Waals surface area contributed by atoms with Crippen LogP contribution in [0.1, 0.15) is 38.1 Å². The van der Waals surface area contributed by atoms with Gasteiger partial charge in [-0.15, -0.1) is 0 Å². The summed E-state index contributed by atoms with van der Waals surface area (Å²) in [5, 5.41) is 3.48. The molecule has 0 bridgehead atoms. The monoisotopic (exact) mass is 221 g/mol. The summed E-state index contributed by atoms with van der Waals surface area (Å²) in [7, 11) is 1.81. The molecule has 2 aliphatic carbocycles. The van der Waals surface area contributed by atoms with Gasteiger partial charge in [-0.1, -0.05) is 0 Å². The summed E-state index contributed by atoms with van der Waals surface area (Å²) < 4.78 is 7.81. The van der Waals surface area contributed by atoms with Gasteiger partial charge in [-0.3, -0.25) is 0 Å². The van der Waals surface area contributed by atoms with Crippen molar-refractivity contribution in [1.29, 1.82) is 0 Å². The average Bonchev–Trinajstić information content (AvgIpc) is 2.80. The van der Waals surface area contributed by atoms with E-state index in [1.54, 1.807) is 0 Å². The molecule has 0 saturated heterocycles. The minimum Gasteiger partial charge on any atom is -0.379 e. The molecule has 0 spiro atoms. The molecule has 4 nitrogen and oxygen atoms in total. The molecule has 88 valence electrons. The average molecular weight is 221 g/mol. The van der Waals surface area contributed by atoms with E-state index in [0.29, 0.717) is 18.2 Å². The maximum atomic E-state index is 5.55. The van der Waals surface area contributed by atoms with E-state index < -0.39 is 0 Å². The second kappa shape index (κ2) is 4.09. The summed E-state index contributed by atoms with van der Waals surface area (Å²) in [4.78, 5) is 4.41. The first-order chi connectivity index (χ1) is 7.88. The van der Waals surface area contributed by atoms with Gasteiger partial charge in [0.25, 0.3) is 0 Å². The van der Waals surface area contributed by atoms with Crippen LogP contribution in [0, 0.1) is 0 Å². The lowest BCUT2D eigenvalue weighted by Gasteiger charge is -2.21. The van der Waals surface area contributed by atoms with Crippen molar-refractivity contribution in [2.75, 3.05) is 12.4 Å². The van der Waals surface area contributed by atoms with E-state index in [2.05, 4.69) is 21.1 Å². The quantitative estimate of drug-likeness (QED) is 0.847. The van der Waals surface area contributed by atoms with E-state index in [4.69, 9.17) is 4.74 Å². The maximum absolute atomic E-state index is 5.55. The Morgan fingerprint density at radius 2 is 2.25 bits per heavy atom. The predicted octanol–water partition coefficient (Wildman–Crippen LogP) is 2.20. The van der Waals surface area contributed by atoms with Crippen molar-refractivity contribution in [3.63, 3.8) is 0 Å². The SMILES string of the molecule is COC1CCCC1n1ccnc1NC1CC1. The van der Waals surface area contributed by atoms with Crippen molar-refractivity contribution in [3.05, 3.63) is 12.4 Å². The van der Waals surface area contributed by atoms with E-state index in [9.17, 15) is 0 Å². The first-order valence-corrected chi connectivity index (χ1v) is 6.20. The van der Waals surface area contributed by atoms with Gasteiger partial charge in [0, 0.05) is 25.5 Å². The van der Waals surface area contributed by atoms with Gasteiger partial charge in [-0.05, 0) is 32.1 Å². The minimum absolute atomic E-state index is 0.356. The van der Waals surface area contributed by atoms with Gasteiger partial charge < -0.3 is 14.6 Å². The van der Waals surface area contributed by atoms with E-state index in [1.165, 1.54) is 32.1 Å². The van der Waals surface area contributed by atoms with Crippen LogP contribution in [0.3, 0.4) is 0 Å². The normalized spacial score (nSPS) is 29.6. The molecule has 0 radical (unpaired) electrons. The third kappa shape index (κ3) is 1.82. The summed E-state index contributed by atoms with van der Waals surface area (Å²) in [6.07, 6.45) is 10.5. The van der Waals surface area contributed by atoms with Crippen molar-refractivity contribution in [2.45, 2.75) is 50.3 Å². The fourth-order valence-electron chi connectivity index (χ4n) is 2.60. The van der Waals surface area contributed by atoms with Crippen LogP contribution in [-0.4, -0.2) is 28.8 Å². The first kappa shape index (κ1) is 10.1. The van der Waals surface area contributed by atoms with Crippen molar-refractivity contribution in [2.24, 2.45) is 0 Å². The van der Waals surface area contributed by atoms with Crippen LogP contribution in [0.2, 0.25) is 0 Å². The fourth-order valence-corrected chi connectivity index (χ4v) is 2.60. The minimum atomic E-state index is 0.356. The van der Waals surface area contributed by atoms with Gasteiger partial charge >= 0.3 is 0 Å². The Labute approximate surface area is 96.0 Å². The molecule has 0 aromatic carbocycles. The Morgan fingerprint density at radius 1 is 1.38 bits per heavy atom. The molecule has 1 N–H and O–H groups in total.